The van der Waals surface area contributed by atoms with Gasteiger partial charge in [-0.15, -0.1) is 0 Å². The quantitative estimate of drug-likeness (QED) is 0.841. The molecule has 0 radical (unpaired) electrons. The van der Waals surface area contributed by atoms with Gasteiger partial charge >= 0.3 is 0 Å². The molecule has 2 heterocycles. The number of hydrogen-bond donors (Lipinski definition) is 1. The highest BCUT2D eigenvalue weighted by Gasteiger charge is 2.11. The molecular formula is C13H20ClN7. The first kappa shape index (κ1) is 15.7. The lowest BCUT2D eigenvalue weighted by atomic mass is 10.3. The van der Waals surface area contributed by atoms with Crippen molar-refractivity contribution in [3.8, 4) is 5.95 Å². The highest BCUT2D eigenvalue weighted by Crippen LogP contribution is 2.10. The maximum absolute atomic E-state index is 5.96. The third-order valence-corrected chi connectivity index (χ3v) is 3.30. The van der Waals surface area contributed by atoms with Gasteiger partial charge in [0.2, 0.25) is 17.2 Å². The van der Waals surface area contributed by atoms with Crippen molar-refractivity contribution in [1.29, 1.82) is 0 Å². The number of nitrogens with zero attached hydrogens (tertiary/aromatic N) is 6. The van der Waals surface area contributed by atoms with E-state index in [1.807, 2.05) is 0 Å². The summed E-state index contributed by atoms with van der Waals surface area (Å²) in [4.78, 5) is 18.9. The van der Waals surface area contributed by atoms with Gasteiger partial charge in [0, 0.05) is 25.0 Å². The van der Waals surface area contributed by atoms with Crippen LogP contribution < -0.4 is 5.32 Å². The molecular weight excluding hydrogens is 290 g/mol. The number of halogens is 1. The molecule has 2 aromatic rings. The standard InChI is InChI=1S/C13H20ClN7/c1-4-20(5-2)8-10(3)16-12-17-11(14)18-13(19-12)21-7-6-15-9-21/h6-7,9-10H,4-5,8H2,1-3H3,(H,16,17,18,19). The van der Waals surface area contributed by atoms with E-state index in [9.17, 15) is 0 Å². The zero-order valence-corrected chi connectivity index (χ0v) is 13.2. The first-order valence-corrected chi connectivity index (χ1v) is 7.39. The van der Waals surface area contributed by atoms with Gasteiger partial charge < -0.3 is 10.2 Å². The number of rotatable bonds is 7. The molecule has 0 saturated carbocycles. The van der Waals surface area contributed by atoms with Crippen molar-refractivity contribution in [2.24, 2.45) is 0 Å². The SMILES string of the molecule is CCN(CC)CC(C)Nc1nc(Cl)nc(-n2ccnc2)n1. The van der Waals surface area contributed by atoms with E-state index in [2.05, 4.69) is 50.9 Å². The van der Waals surface area contributed by atoms with Crippen LogP contribution >= 0.6 is 11.6 Å². The fourth-order valence-electron chi connectivity index (χ4n) is 2.03. The molecule has 0 aliphatic carbocycles. The van der Waals surface area contributed by atoms with Crippen molar-refractivity contribution >= 4 is 17.5 Å². The highest BCUT2D eigenvalue weighted by molar-refractivity contribution is 6.28. The summed E-state index contributed by atoms with van der Waals surface area (Å²) in [5.41, 5.74) is 0. The molecule has 2 rings (SSSR count). The van der Waals surface area contributed by atoms with Gasteiger partial charge in [0.1, 0.15) is 6.33 Å². The maximum Gasteiger partial charge on any atom is 0.241 e. The summed E-state index contributed by atoms with van der Waals surface area (Å²) in [6.07, 6.45) is 5.04. The minimum atomic E-state index is 0.159. The molecule has 0 saturated heterocycles. The third-order valence-electron chi connectivity index (χ3n) is 3.13. The van der Waals surface area contributed by atoms with Crippen molar-refractivity contribution in [2.75, 3.05) is 25.0 Å². The first-order chi connectivity index (χ1) is 10.1. The van der Waals surface area contributed by atoms with Gasteiger partial charge in [-0.25, -0.2) is 4.98 Å². The molecule has 0 aliphatic rings. The van der Waals surface area contributed by atoms with Crippen LogP contribution in [0.1, 0.15) is 20.8 Å². The van der Waals surface area contributed by atoms with Crippen molar-refractivity contribution < 1.29 is 0 Å². The number of hydrogen-bond acceptors (Lipinski definition) is 6. The lowest BCUT2D eigenvalue weighted by molar-refractivity contribution is 0.294. The molecule has 0 bridgehead atoms. The molecule has 1 N–H and O–H groups in total. The molecule has 21 heavy (non-hydrogen) atoms. The van der Waals surface area contributed by atoms with Crippen LogP contribution in [0, 0.1) is 0 Å². The molecule has 2 aromatic heterocycles. The van der Waals surface area contributed by atoms with Crippen LogP contribution in [0.3, 0.4) is 0 Å². The monoisotopic (exact) mass is 309 g/mol. The minimum Gasteiger partial charge on any atom is -0.350 e. The summed E-state index contributed by atoms with van der Waals surface area (Å²) in [5.74, 6) is 0.920. The maximum atomic E-state index is 5.96. The van der Waals surface area contributed by atoms with Crippen LogP contribution in [-0.2, 0) is 0 Å². The largest absolute Gasteiger partial charge is 0.350 e. The molecule has 0 spiro atoms. The molecule has 0 fully saturated rings. The summed E-state index contributed by atoms with van der Waals surface area (Å²) < 4.78 is 1.69. The molecule has 1 unspecified atom stereocenters. The van der Waals surface area contributed by atoms with E-state index in [-0.39, 0.29) is 11.3 Å². The van der Waals surface area contributed by atoms with Gasteiger partial charge in [0.15, 0.2) is 0 Å². The highest BCUT2D eigenvalue weighted by atomic mass is 35.5. The van der Waals surface area contributed by atoms with Crippen LogP contribution in [0.25, 0.3) is 5.95 Å². The van der Waals surface area contributed by atoms with Crippen LogP contribution in [-0.4, -0.2) is 55.1 Å². The molecule has 114 valence electrons. The van der Waals surface area contributed by atoms with E-state index in [0.717, 1.165) is 19.6 Å². The summed E-state index contributed by atoms with van der Waals surface area (Å²) in [7, 11) is 0. The molecule has 0 aromatic carbocycles. The normalized spacial score (nSPS) is 12.6. The average Bonchev–Trinajstić information content (AvgIpc) is 2.98. The Labute approximate surface area is 129 Å². The Hall–Kier alpha value is -1.73. The van der Waals surface area contributed by atoms with Gasteiger partial charge in [-0.3, -0.25) is 4.57 Å². The number of imidazole rings is 1. The van der Waals surface area contributed by atoms with Crippen molar-refractivity contribution in [3.63, 3.8) is 0 Å². The van der Waals surface area contributed by atoms with E-state index in [0.29, 0.717) is 11.9 Å². The third kappa shape index (κ3) is 4.37. The van der Waals surface area contributed by atoms with Crippen molar-refractivity contribution in [1.82, 2.24) is 29.4 Å². The molecule has 1 atom stereocenters. The van der Waals surface area contributed by atoms with Gasteiger partial charge in [-0.1, -0.05) is 13.8 Å². The predicted molar refractivity (Wildman–Crippen MR) is 82.8 cm³/mol. The lowest BCUT2D eigenvalue weighted by Crippen LogP contribution is -2.35. The first-order valence-electron chi connectivity index (χ1n) is 7.01. The van der Waals surface area contributed by atoms with Crippen molar-refractivity contribution in [3.05, 3.63) is 24.0 Å². The number of anilines is 1. The second-order valence-corrected chi connectivity index (χ2v) is 5.07. The fraction of sp³-hybridized carbons (Fsp3) is 0.538. The summed E-state index contributed by atoms with van der Waals surface area (Å²) in [6, 6.07) is 0.207. The van der Waals surface area contributed by atoms with E-state index in [1.165, 1.54) is 0 Å². The fourth-order valence-corrected chi connectivity index (χ4v) is 2.19. The molecule has 0 amide bonds. The number of aromatic nitrogens is 5. The van der Waals surface area contributed by atoms with Gasteiger partial charge in [0.05, 0.1) is 0 Å². The predicted octanol–water partition coefficient (Wildman–Crippen LogP) is 1.85. The van der Waals surface area contributed by atoms with E-state index < -0.39 is 0 Å². The second-order valence-electron chi connectivity index (χ2n) is 4.73. The summed E-state index contributed by atoms with van der Waals surface area (Å²) >= 11 is 5.96. The summed E-state index contributed by atoms with van der Waals surface area (Å²) in [6.45, 7) is 9.32. The zero-order chi connectivity index (χ0) is 15.2. The van der Waals surface area contributed by atoms with Crippen LogP contribution in [0.2, 0.25) is 5.28 Å². The Morgan fingerprint density at radius 1 is 1.29 bits per heavy atom. The number of nitrogens with one attached hydrogen (secondary N) is 1. The van der Waals surface area contributed by atoms with Crippen LogP contribution in [0.15, 0.2) is 18.7 Å². The summed E-state index contributed by atoms with van der Waals surface area (Å²) in [5, 5.41) is 3.42. The van der Waals surface area contributed by atoms with E-state index in [4.69, 9.17) is 11.6 Å². The van der Waals surface area contributed by atoms with Crippen molar-refractivity contribution in [2.45, 2.75) is 26.8 Å². The number of likely N-dealkylation sites (N-methyl/N-ethyl adjacent to an activating group) is 1. The minimum absolute atomic E-state index is 0.159. The average molecular weight is 310 g/mol. The Bertz CT molecular complexity index is 554. The molecule has 0 aliphatic heterocycles. The smallest absolute Gasteiger partial charge is 0.241 e. The lowest BCUT2D eigenvalue weighted by Gasteiger charge is -2.23. The zero-order valence-electron chi connectivity index (χ0n) is 12.5. The van der Waals surface area contributed by atoms with Gasteiger partial charge in [-0.2, -0.15) is 15.0 Å². The second kappa shape index (κ2) is 7.33. The van der Waals surface area contributed by atoms with Gasteiger partial charge in [0.25, 0.3) is 0 Å². The van der Waals surface area contributed by atoms with Crippen LogP contribution in [0.5, 0.6) is 0 Å². The molecule has 7 nitrogen and oxygen atoms in total. The Morgan fingerprint density at radius 2 is 2.05 bits per heavy atom. The Morgan fingerprint density at radius 3 is 2.67 bits per heavy atom. The van der Waals surface area contributed by atoms with Gasteiger partial charge in [-0.05, 0) is 31.6 Å². The topological polar surface area (TPSA) is 71.8 Å². The Balaban J connectivity index is 2.10. The Kier molecular flexibility index (Phi) is 5.46. The van der Waals surface area contributed by atoms with E-state index in [1.54, 1.807) is 23.3 Å². The van der Waals surface area contributed by atoms with E-state index >= 15 is 0 Å². The van der Waals surface area contributed by atoms with Crippen LogP contribution in [0.4, 0.5) is 5.95 Å². The molecule has 8 heteroatoms.